The number of ether oxygens (including phenoxy) is 1. The van der Waals surface area contributed by atoms with E-state index in [0.717, 1.165) is 11.4 Å². The predicted molar refractivity (Wildman–Crippen MR) is 92.7 cm³/mol. The zero-order valence-electron chi connectivity index (χ0n) is 13.4. The van der Waals surface area contributed by atoms with Gasteiger partial charge in [0.1, 0.15) is 29.0 Å². The Bertz CT molecular complexity index is 837. The van der Waals surface area contributed by atoms with Crippen molar-refractivity contribution >= 4 is 23.0 Å². The Balaban J connectivity index is 1.80. The summed E-state index contributed by atoms with van der Waals surface area (Å²) < 4.78 is 18.4. The lowest BCUT2D eigenvalue weighted by atomic mass is 10.3. The van der Waals surface area contributed by atoms with Gasteiger partial charge in [-0.2, -0.15) is 0 Å². The smallest absolute Gasteiger partial charge is 0.136 e. The Hall–Kier alpha value is -3.15. The summed E-state index contributed by atoms with van der Waals surface area (Å²) in [5, 5.41) is 6.29. The minimum Gasteiger partial charge on any atom is -0.497 e. The van der Waals surface area contributed by atoms with E-state index in [0.29, 0.717) is 23.1 Å². The molecule has 3 rings (SSSR count). The van der Waals surface area contributed by atoms with Gasteiger partial charge in [0.25, 0.3) is 0 Å². The van der Waals surface area contributed by atoms with E-state index in [2.05, 4.69) is 20.6 Å². The van der Waals surface area contributed by atoms with Crippen molar-refractivity contribution in [3.63, 3.8) is 0 Å². The molecule has 0 aliphatic rings. The molecule has 2 aromatic carbocycles. The van der Waals surface area contributed by atoms with Crippen LogP contribution in [0.4, 0.5) is 27.4 Å². The molecule has 0 fully saturated rings. The molecule has 1 aromatic heterocycles. The van der Waals surface area contributed by atoms with E-state index in [-0.39, 0.29) is 5.82 Å². The van der Waals surface area contributed by atoms with Crippen LogP contribution in [0, 0.1) is 12.7 Å². The number of methoxy groups -OCH3 is 1. The molecule has 0 bridgehead atoms. The number of halogens is 1. The first kappa shape index (κ1) is 15.7. The van der Waals surface area contributed by atoms with E-state index in [4.69, 9.17) is 4.74 Å². The van der Waals surface area contributed by atoms with Gasteiger partial charge in [-0.05, 0) is 49.4 Å². The molecule has 0 saturated carbocycles. The SMILES string of the molecule is COc1ccc(Nc2cc(Nc3cccc(F)c3)nc(C)n2)cc1. The Morgan fingerprint density at radius 1 is 0.875 bits per heavy atom. The molecule has 0 amide bonds. The summed E-state index contributed by atoms with van der Waals surface area (Å²) in [6.07, 6.45) is 0. The summed E-state index contributed by atoms with van der Waals surface area (Å²) >= 11 is 0. The van der Waals surface area contributed by atoms with Crippen LogP contribution >= 0.6 is 0 Å². The van der Waals surface area contributed by atoms with Gasteiger partial charge in [-0.25, -0.2) is 14.4 Å². The third-order valence-corrected chi connectivity index (χ3v) is 3.30. The predicted octanol–water partition coefficient (Wildman–Crippen LogP) is 4.42. The van der Waals surface area contributed by atoms with Gasteiger partial charge in [0.05, 0.1) is 7.11 Å². The van der Waals surface area contributed by atoms with Crippen molar-refractivity contribution in [3.05, 3.63) is 66.2 Å². The Morgan fingerprint density at radius 3 is 2.17 bits per heavy atom. The molecule has 24 heavy (non-hydrogen) atoms. The Morgan fingerprint density at radius 2 is 1.54 bits per heavy atom. The van der Waals surface area contributed by atoms with Crippen LogP contribution in [0.3, 0.4) is 0 Å². The highest BCUT2D eigenvalue weighted by Crippen LogP contribution is 2.22. The van der Waals surface area contributed by atoms with Gasteiger partial charge >= 0.3 is 0 Å². The molecule has 0 aliphatic heterocycles. The lowest BCUT2D eigenvalue weighted by Crippen LogP contribution is -2.01. The molecule has 5 nitrogen and oxygen atoms in total. The highest BCUT2D eigenvalue weighted by Gasteiger charge is 2.04. The van der Waals surface area contributed by atoms with Gasteiger partial charge in [-0.3, -0.25) is 0 Å². The fourth-order valence-electron chi connectivity index (χ4n) is 2.23. The van der Waals surface area contributed by atoms with E-state index >= 15 is 0 Å². The third-order valence-electron chi connectivity index (χ3n) is 3.30. The van der Waals surface area contributed by atoms with E-state index in [1.54, 1.807) is 32.2 Å². The van der Waals surface area contributed by atoms with Crippen molar-refractivity contribution in [2.75, 3.05) is 17.7 Å². The largest absolute Gasteiger partial charge is 0.497 e. The van der Waals surface area contributed by atoms with Crippen LogP contribution in [-0.4, -0.2) is 17.1 Å². The molecule has 0 unspecified atom stereocenters. The molecule has 3 aromatic rings. The Kier molecular flexibility index (Phi) is 4.56. The number of nitrogens with one attached hydrogen (secondary N) is 2. The van der Waals surface area contributed by atoms with Crippen molar-refractivity contribution in [2.45, 2.75) is 6.92 Å². The topological polar surface area (TPSA) is 59.1 Å². The maximum absolute atomic E-state index is 13.3. The fourth-order valence-corrected chi connectivity index (χ4v) is 2.23. The molecule has 0 atom stereocenters. The maximum Gasteiger partial charge on any atom is 0.136 e. The van der Waals surface area contributed by atoms with Gasteiger partial charge in [0.15, 0.2) is 0 Å². The molecule has 0 radical (unpaired) electrons. The highest BCUT2D eigenvalue weighted by molar-refractivity contribution is 5.63. The maximum atomic E-state index is 13.3. The molecule has 0 saturated heterocycles. The van der Waals surface area contributed by atoms with Crippen LogP contribution in [0.5, 0.6) is 5.75 Å². The first-order chi connectivity index (χ1) is 11.6. The van der Waals surface area contributed by atoms with E-state index in [1.807, 2.05) is 24.3 Å². The number of benzene rings is 2. The van der Waals surface area contributed by atoms with Crippen molar-refractivity contribution in [3.8, 4) is 5.75 Å². The standard InChI is InChI=1S/C18H17FN4O/c1-12-20-17(22-14-6-8-16(24-2)9-7-14)11-18(21-12)23-15-5-3-4-13(19)10-15/h3-11H,1-2H3,(H2,20,21,22,23). The van der Waals surface area contributed by atoms with Gasteiger partial charge in [0, 0.05) is 17.4 Å². The number of aromatic nitrogens is 2. The summed E-state index contributed by atoms with van der Waals surface area (Å²) in [4.78, 5) is 8.69. The first-order valence-electron chi connectivity index (χ1n) is 7.42. The summed E-state index contributed by atoms with van der Waals surface area (Å²) in [5.74, 6) is 2.32. The normalized spacial score (nSPS) is 10.3. The number of hydrogen-bond acceptors (Lipinski definition) is 5. The van der Waals surface area contributed by atoms with Crippen molar-refractivity contribution in [1.82, 2.24) is 9.97 Å². The second-order valence-electron chi connectivity index (χ2n) is 5.17. The molecule has 2 N–H and O–H groups in total. The second-order valence-corrected chi connectivity index (χ2v) is 5.17. The van der Waals surface area contributed by atoms with E-state index < -0.39 is 0 Å². The van der Waals surface area contributed by atoms with Crippen LogP contribution in [0.25, 0.3) is 0 Å². The van der Waals surface area contributed by atoms with E-state index in [1.165, 1.54) is 12.1 Å². The lowest BCUT2D eigenvalue weighted by Gasteiger charge is -2.11. The molecule has 1 heterocycles. The molecular formula is C18H17FN4O. The van der Waals surface area contributed by atoms with Crippen molar-refractivity contribution < 1.29 is 9.13 Å². The van der Waals surface area contributed by atoms with Gasteiger partial charge in [-0.15, -0.1) is 0 Å². The molecule has 0 spiro atoms. The van der Waals surface area contributed by atoms with Crippen LogP contribution < -0.4 is 15.4 Å². The zero-order valence-corrected chi connectivity index (χ0v) is 13.4. The second kappa shape index (κ2) is 6.95. The summed E-state index contributed by atoms with van der Waals surface area (Å²) in [6.45, 7) is 1.80. The summed E-state index contributed by atoms with van der Waals surface area (Å²) in [6, 6.07) is 15.5. The number of aryl methyl sites for hydroxylation is 1. The minimum atomic E-state index is -0.303. The molecule has 0 aliphatic carbocycles. The monoisotopic (exact) mass is 324 g/mol. The number of rotatable bonds is 5. The van der Waals surface area contributed by atoms with Crippen LogP contribution in [-0.2, 0) is 0 Å². The van der Waals surface area contributed by atoms with Gasteiger partial charge in [-0.1, -0.05) is 6.07 Å². The average molecular weight is 324 g/mol. The van der Waals surface area contributed by atoms with Crippen LogP contribution in [0.1, 0.15) is 5.82 Å². The number of hydrogen-bond donors (Lipinski definition) is 2. The highest BCUT2D eigenvalue weighted by atomic mass is 19.1. The molecular weight excluding hydrogens is 307 g/mol. The Labute approximate surface area is 139 Å². The fraction of sp³-hybridized carbons (Fsp3) is 0.111. The summed E-state index contributed by atoms with van der Waals surface area (Å²) in [5.41, 5.74) is 1.51. The summed E-state index contributed by atoms with van der Waals surface area (Å²) in [7, 11) is 1.63. The lowest BCUT2D eigenvalue weighted by molar-refractivity contribution is 0.415. The third kappa shape index (κ3) is 3.98. The quantitative estimate of drug-likeness (QED) is 0.727. The van der Waals surface area contributed by atoms with Gasteiger partial charge < -0.3 is 15.4 Å². The average Bonchev–Trinajstić information content (AvgIpc) is 2.55. The molecule has 6 heteroatoms. The van der Waals surface area contributed by atoms with Crippen LogP contribution in [0.15, 0.2) is 54.6 Å². The molecule has 122 valence electrons. The number of anilines is 4. The number of nitrogens with zero attached hydrogens (tertiary/aromatic N) is 2. The van der Waals surface area contributed by atoms with Gasteiger partial charge in [0.2, 0.25) is 0 Å². The first-order valence-corrected chi connectivity index (χ1v) is 7.42. The van der Waals surface area contributed by atoms with Crippen molar-refractivity contribution in [1.29, 1.82) is 0 Å². The van der Waals surface area contributed by atoms with Crippen LogP contribution in [0.2, 0.25) is 0 Å². The zero-order chi connectivity index (χ0) is 16.9. The van der Waals surface area contributed by atoms with Crippen molar-refractivity contribution in [2.24, 2.45) is 0 Å². The minimum absolute atomic E-state index is 0.303. The van der Waals surface area contributed by atoms with E-state index in [9.17, 15) is 4.39 Å².